The van der Waals surface area contributed by atoms with Gasteiger partial charge in [0, 0.05) is 6.54 Å². The van der Waals surface area contributed by atoms with Gasteiger partial charge in [-0.15, -0.1) is 0 Å². The molecule has 1 heterocycles. The van der Waals surface area contributed by atoms with Crippen molar-refractivity contribution in [2.24, 2.45) is 5.92 Å². The van der Waals surface area contributed by atoms with E-state index in [9.17, 15) is 9.59 Å². The molecule has 23 heavy (non-hydrogen) atoms. The summed E-state index contributed by atoms with van der Waals surface area (Å²) in [5, 5.41) is 11.8. The van der Waals surface area contributed by atoms with Crippen molar-refractivity contribution in [2.45, 2.75) is 20.0 Å². The first-order valence-corrected chi connectivity index (χ1v) is 7.59. The maximum Gasteiger partial charge on any atom is 0.334 e. The molecule has 1 saturated heterocycles. The van der Waals surface area contributed by atoms with Crippen LogP contribution in [0.1, 0.15) is 13.8 Å². The third-order valence-corrected chi connectivity index (χ3v) is 3.33. The number of ether oxygens (including phenoxy) is 2. The molecular weight excluding hydrogens is 300 g/mol. The van der Waals surface area contributed by atoms with Gasteiger partial charge in [0.15, 0.2) is 6.10 Å². The minimum absolute atomic E-state index is 0.0240. The van der Waals surface area contributed by atoms with E-state index in [4.69, 9.17) is 14.6 Å². The average Bonchev–Trinajstić information content (AvgIpc) is 2.54. The van der Waals surface area contributed by atoms with Crippen molar-refractivity contribution in [1.29, 1.82) is 0 Å². The highest BCUT2D eigenvalue weighted by molar-refractivity contribution is 5.91. The molecule has 1 fully saturated rings. The second kappa shape index (κ2) is 7.82. The molecule has 2 rings (SSSR count). The molecule has 0 bridgehead atoms. The minimum Gasteiger partial charge on any atom is -0.491 e. The number of aliphatic carboxylic acids is 1. The van der Waals surface area contributed by atoms with Crippen LogP contribution in [0.4, 0.5) is 10.5 Å². The van der Waals surface area contributed by atoms with E-state index >= 15 is 0 Å². The summed E-state index contributed by atoms with van der Waals surface area (Å²) < 4.78 is 10.8. The van der Waals surface area contributed by atoms with Crippen LogP contribution in [0.15, 0.2) is 24.3 Å². The summed E-state index contributed by atoms with van der Waals surface area (Å²) in [5.41, 5.74) is 0.566. The highest BCUT2D eigenvalue weighted by Gasteiger charge is 2.29. The molecular formula is C16H22N2O5. The molecule has 0 radical (unpaired) electrons. The molecule has 1 aromatic carbocycles. The van der Waals surface area contributed by atoms with Gasteiger partial charge >= 0.3 is 12.0 Å². The Hall–Kier alpha value is -2.28. The second-order valence-corrected chi connectivity index (χ2v) is 5.77. The van der Waals surface area contributed by atoms with Gasteiger partial charge in [0.2, 0.25) is 0 Å². The van der Waals surface area contributed by atoms with E-state index in [2.05, 4.69) is 5.32 Å². The van der Waals surface area contributed by atoms with E-state index in [1.807, 2.05) is 19.9 Å². The van der Waals surface area contributed by atoms with Crippen LogP contribution in [-0.4, -0.2) is 54.4 Å². The Morgan fingerprint density at radius 3 is 2.87 bits per heavy atom. The molecule has 2 amide bonds. The largest absolute Gasteiger partial charge is 0.491 e. The third-order valence-electron chi connectivity index (χ3n) is 3.33. The average molecular weight is 322 g/mol. The number of carbonyl (C=O) groups excluding carboxylic acids is 1. The fourth-order valence-corrected chi connectivity index (χ4v) is 2.13. The number of morpholine rings is 1. The minimum atomic E-state index is -1.07. The van der Waals surface area contributed by atoms with Crippen LogP contribution in [0.5, 0.6) is 5.75 Å². The summed E-state index contributed by atoms with van der Waals surface area (Å²) in [5.74, 6) is -0.102. The zero-order valence-corrected chi connectivity index (χ0v) is 13.3. The number of nitrogens with zero attached hydrogens (tertiary/aromatic N) is 1. The number of benzene rings is 1. The maximum atomic E-state index is 12.3. The number of rotatable bonds is 5. The number of carbonyl (C=O) groups is 2. The quantitative estimate of drug-likeness (QED) is 0.866. The second-order valence-electron chi connectivity index (χ2n) is 5.77. The molecule has 1 atom stereocenters. The lowest BCUT2D eigenvalue weighted by Gasteiger charge is -2.31. The SMILES string of the molecule is CC(C)COc1ccccc1NC(=O)N1CCOC(C(=O)O)C1. The first-order valence-electron chi connectivity index (χ1n) is 7.59. The van der Waals surface area contributed by atoms with Crippen molar-refractivity contribution in [3.8, 4) is 5.75 Å². The summed E-state index contributed by atoms with van der Waals surface area (Å²) in [6.07, 6.45) is -0.984. The molecule has 7 heteroatoms. The maximum absolute atomic E-state index is 12.3. The Balaban J connectivity index is 2.01. The predicted octanol–water partition coefficient (Wildman–Crippen LogP) is 2.04. The first kappa shape index (κ1) is 17.1. The topological polar surface area (TPSA) is 88.1 Å². The van der Waals surface area contributed by atoms with Crippen molar-refractivity contribution in [1.82, 2.24) is 4.90 Å². The van der Waals surface area contributed by atoms with Crippen LogP contribution in [0, 0.1) is 5.92 Å². The predicted molar refractivity (Wildman–Crippen MR) is 84.7 cm³/mol. The lowest BCUT2D eigenvalue weighted by atomic mass is 10.2. The number of para-hydroxylation sites is 2. The normalized spacial score (nSPS) is 17.9. The Morgan fingerprint density at radius 1 is 1.43 bits per heavy atom. The zero-order chi connectivity index (χ0) is 16.8. The van der Waals surface area contributed by atoms with Crippen molar-refractivity contribution < 1.29 is 24.2 Å². The number of anilines is 1. The van der Waals surface area contributed by atoms with Crippen molar-refractivity contribution >= 4 is 17.7 Å². The van der Waals surface area contributed by atoms with Crippen molar-refractivity contribution in [2.75, 3.05) is 31.6 Å². The van der Waals surface area contributed by atoms with Crippen molar-refractivity contribution in [3.05, 3.63) is 24.3 Å². The molecule has 0 saturated carbocycles. The van der Waals surface area contributed by atoms with Crippen LogP contribution in [0.3, 0.4) is 0 Å². The summed E-state index contributed by atoms with van der Waals surface area (Å²) in [6.45, 7) is 5.21. The van der Waals surface area contributed by atoms with Crippen LogP contribution < -0.4 is 10.1 Å². The van der Waals surface area contributed by atoms with Gasteiger partial charge in [-0.05, 0) is 18.1 Å². The summed E-state index contributed by atoms with van der Waals surface area (Å²) in [4.78, 5) is 24.7. The Morgan fingerprint density at radius 2 is 2.17 bits per heavy atom. The molecule has 0 aliphatic carbocycles. The lowest BCUT2D eigenvalue weighted by molar-refractivity contribution is -0.154. The van der Waals surface area contributed by atoms with Crippen LogP contribution >= 0.6 is 0 Å². The van der Waals surface area contributed by atoms with Gasteiger partial charge in [0.1, 0.15) is 5.75 Å². The molecule has 126 valence electrons. The number of amides is 2. The van der Waals surface area contributed by atoms with Gasteiger partial charge in [-0.3, -0.25) is 0 Å². The van der Waals surface area contributed by atoms with Crippen LogP contribution in [0.2, 0.25) is 0 Å². The number of carboxylic acid groups (broad SMARTS) is 1. The van der Waals surface area contributed by atoms with Gasteiger partial charge in [-0.1, -0.05) is 26.0 Å². The fraction of sp³-hybridized carbons (Fsp3) is 0.500. The van der Waals surface area contributed by atoms with Crippen LogP contribution in [-0.2, 0) is 9.53 Å². The molecule has 1 aliphatic rings. The van der Waals surface area contributed by atoms with Gasteiger partial charge in [0.05, 0.1) is 25.4 Å². The van der Waals surface area contributed by atoms with Gasteiger partial charge in [0.25, 0.3) is 0 Å². The Kier molecular flexibility index (Phi) is 5.81. The highest BCUT2D eigenvalue weighted by Crippen LogP contribution is 2.25. The summed E-state index contributed by atoms with van der Waals surface area (Å²) >= 11 is 0. The molecule has 1 aliphatic heterocycles. The fourth-order valence-electron chi connectivity index (χ4n) is 2.13. The zero-order valence-electron chi connectivity index (χ0n) is 13.3. The van der Waals surface area contributed by atoms with Gasteiger partial charge < -0.3 is 24.8 Å². The van der Waals surface area contributed by atoms with E-state index in [1.54, 1.807) is 18.2 Å². The van der Waals surface area contributed by atoms with E-state index < -0.39 is 12.1 Å². The summed E-state index contributed by atoms with van der Waals surface area (Å²) in [7, 11) is 0. The molecule has 1 unspecified atom stereocenters. The summed E-state index contributed by atoms with van der Waals surface area (Å²) in [6, 6.07) is 6.82. The van der Waals surface area contributed by atoms with Gasteiger partial charge in [-0.2, -0.15) is 0 Å². The standard InChI is InChI=1S/C16H22N2O5/c1-11(2)10-23-13-6-4-3-5-12(13)17-16(21)18-7-8-22-14(9-18)15(19)20/h3-6,11,14H,7-10H2,1-2H3,(H,17,21)(H,19,20). The van der Waals surface area contributed by atoms with E-state index in [-0.39, 0.29) is 19.2 Å². The number of carboxylic acids is 1. The van der Waals surface area contributed by atoms with E-state index in [0.29, 0.717) is 30.5 Å². The van der Waals surface area contributed by atoms with Crippen LogP contribution in [0.25, 0.3) is 0 Å². The molecule has 7 nitrogen and oxygen atoms in total. The number of hydrogen-bond donors (Lipinski definition) is 2. The first-order chi connectivity index (χ1) is 11.0. The highest BCUT2D eigenvalue weighted by atomic mass is 16.5. The van der Waals surface area contributed by atoms with Gasteiger partial charge in [-0.25, -0.2) is 9.59 Å². The Bertz CT molecular complexity index is 561. The number of nitrogens with one attached hydrogen (secondary N) is 1. The Labute approximate surface area is 135 Å². The van der Waals surface area contributed by atoms with E-state index in [1.165, 1.54) is 4.90 Å². The molecule has 0 aromatic heterocycles. The third kappa shape index (κ3) is 4.85. The molecule has 2 N–H and O–H groups in total. The van der Waals surface area contributed by atoms with E-state index in [0.717, 1.165) is 0 Å². The lowest BCUT2D eigenvalue weighted by Crippen LogP contribution is -2.49. The van der Waals surface area contributed by atoms with Crippen molar-refractivity contribution in [3.63, 3.8) is 0 Å². The molecule has 1 aromatic rings. The monoisotopic (exact) mass is 322 g/mol. The smallest absolute Gasteiger partial charge is 0.334 e. The molecule has 0 spiro atoms. The number of hydrogen-bond acceptors (Lipinski definition) is 4. The number of urea groups is 1.